The highest BCUT2D eigenvalue weighted by molar-refractivity contribution is 7.13. The lowest BCUT2D eigenvalue weighted by Gasteiger charge is -2.38. The maximum Gasteiger partial charge on any atom is 0.309 e. The monoisotopic (exact) mass is 269 g/mol. The molecule has 0 radical (unpaired) electrons. The summed E-state index contributed by atoms with van der Waals surface area (Å²) in [5.74, 6) is -0.841. The molecule has 18 heavy (non-hydrogen) atoms. The van der Waals surface area contributed by atoms with Crippen LogP contribution in [0.2, 0.25) is 0 Å². The molecule has 0 spiro atoms. The Hall–Kier alpha value is -1.14. The third-order valence-corrected chi connectivity index (χ3v) is 4.10. The van der Waals surface area contributed by atoms with Gasteiger partial charge in [0.1, 0.15) is 0 Å². The first-order chi connectivity index (χ1) is 8.56. The van der Waals surface area contributed by atoms with Gasteiger partial charge < -0.3 is 5.11 Å². The Bertz CT molecular complexity index is 411. The normalized spacial score (nSPS) is 25.0. The molecule has 1 aromatic rings. The summed E-state index contributed by atoms with van der Waals surface area (Å²) in [6.07, 6.45) is 3.63. The number of hydrogen-bond donors (Lipinski definition) is 2. The van der Waals surface area contributed by atoms with E-state index in [4.69, 9.17) is 5.11 Å². The molecule has 0 saturated carbocycles. The van der Waals surface area contributed by atoms with Crippen molar-refractivity contribution in [2.45, 2.75) is 51.6 Å². The van der Waals surface area contributed by atoms with Gasteiger partial charge in [0.15, 0.2) is 5.13 Å². The average Bonchev–Trinajstić information content (AvgIpc) is 2.70. The number of carboxylic acids is 1. The minimum atomic E-state index is -0.841. The van der Waals surface area contributed by atoms with Crippen molar-refractivity contribution in [2.24, 2.45) is 0 Å². The number of anilines is 1. The SMILES string of the molecule is CC1CCCC(C)N1Nc1nc(CC(=O)O)cs1. The number of hydrazine groups is 1. The fourth-order valence-corrected chi connectivity index (χ4v) is 3.06. The molecule has 2 atom stereocenters. The molecule has 2 unspecified atom stereocenters. The van der Waals surface area contributed by atoms with Crippen LogP contribution < -0.4 is 5.43 Å². The summed E-state index contributed by atoms with van der Waals surface area (Å²) in [5, 5.41) is 13.5. The fourth-order valence-electron chi connectivity index (χ4n) is 2.35. The Kier molecular flexibility index (Phi) is 4.19. The summed E-state index contributed by atoms with van der Waals surface area (Å²) in [7, 11) is 0. The third-order valence-electron chi connectivity index (χ3n) is 3.30. The van der Waals surface area contributed by atoms with Crippen molar-refractivity contribution in [1.29, 1.82) is 0 Å². The second kappa shape index (κ2) is 5.67. The highest BCUT2D eigenvalue weighted by atomic mass is 32.1. The van der Waals surface area contributed by atoms with Crippen molar-refractivity contribution >= 4 is 22.4 Å². The molecule has 0 aliphatic carbocycles. The Balaban J connectivity index is 1.99. The highest BCUT2D eigenvalue weighted by Crippen LogP contribution is 2.25. The van der Waals surface area contributed by atoms with Crippen LogP contribution in [-0.2, 0) is 11.2 Å². The van der Waals surface area contributed by atoms with E-state index in [0.717, 1.165) is 5.13 Å². The molecule has 2 heterocycles. The number of rotatable bonds is 4. The number of nitrogens with one attached hydrogen (secondary N) is 1. The van der Waals surface area contributed by atoms with Crippen molar-refractivity contribution in [3.8, 4) is 0 Å². The topological polar surface area (TPSA) is 65.5 Å². The zero-order valence-electron chi connectivity index (χ0n) is 10.7. The van der Waals surface area contributed by atoms with Crippen molar-refractivity contribution in [3.05, 3.63) is 11.1 Å². The lowest BCUT2D eigenvalue weighted by molar-refractivity contribution is -0.136. The predicted octanol–water partition coefficient (Wildman–Crippen LogP) is 2.36. The van der Waals surface area contributed by atoms with Gasteiger partial charge in [0.25, 0.3) is 0 Å². The maximum absolute atomic E-state index is 10.6. The van der Waals surface area contributed by atoms with Crippen molar-refractivity contribution in [3.63, 3.8) is 0 Å². The molecule has 1 aliphatic rings. The molecule has 1 aromatic heterocycles. The predicted molar refractivity (Wildman–Crippen MR) is 71.7 cm³/mol. The quantitative estimate of drug-likeness (QED) is 0.878. The number of nitrogens with zero attached hydrogens (tertiary/aromatic N) is 2. The molecule has 2 rings (SSSR count). The van der Waals surface area contributed by atoms with Gasteiger partial charge in [-0.3, -0.25) is 10.2 Å². The van der Waals surface area contributed by atoms with Crippen molar-refractivity contribution in [2.75, 3.05) is 5.43 Å². The fraction of sp³-hybridized carbons (Fsp3) is 0.667. The number of aliphatic carboxylic acids is 1. The summed E-state index contributed by atoms with van der Waals surface area (Å²) in [5.41, 5.74) is 3.94. The molecule has 1 aliphatic heterocycles. The second-order valence-electron chi connectivity index (χ2n) is 4.86. The van der Waals surface area contributed by atoms with E-state index in [1.54, 1.807) is 5.38 Å². The Labute approximate surface area is 111 Å². The van der Waals surface area contributed by atoms with E-state index in [1.165, 1.54) is 30.6 Å². The zero-order chi connectivity index (χ0) is 13.1. The lowest BCUT2D eigenvalue weighted by Crippen LogP contribution is -2.47. The lowest BCUT2D eigenvalue weighted by atomic mass is 10.00. The average molecular weight is 269 g/mol. The standard InChI is InChI=1S/C12H19N3O2S/c1-8-4-3-5-9(2)15(8)14-12-13-10(7-18-12)6-11(16)17/h7-9H,3-6H2,1-2H3,(H,13,14)(H,16,17). The van der Waals surface area contributed by atoms with Crippen LogP contribution in [0.1, 0.15) is 38.8 Å². The first kappa shape index (κ1) is 13.3. The van der Waals surface area contributed by atoms with Gasteiger partial charge in [-0.05, 0) is 26.7 Å². The molecule has 6 heteroatoms. The molecule has 100 valence electrons. The van der Waals surface area contributed by atoms with Crippen LogP contribution in [0.25, 0.3) is 0 Å². The van der Waals surface area contributed by atoms with E-state index in [1.807, 2.05) is 0 Å². The first-order valence-electron chi connectivity index (χ1n) is 6.27. The van der Waals surface area contributed by atoms with E-state index < -0.39 is 5.97 Å². The summed E-state index contributed by atoms with van der Waals surface area (Å²) < 4.78 is 0. The van der Waals surface area contributed by atoms with E-state index in [0.29, 0.717) is 17.8 Å². The van der Waals surface area contributed by atoms with Gasteiger partial charge in [0.2, 0.25) is 0 Å². The molecule has 0 amide bonds. The largest absolute Gasteiger partial charge is 0.481 e. The van der Waals surface area contributed by atoms with Crippen LogP contribution >= 0.6 is 11.3 Å². The van der Waals surface area contributed by atoms with Crippen molar-refractivity contribution < 1.29 is 9.90 Å². The van der Waals surface area contributed by atoms with E-state index in [2.05, 4.69) is 29.3 Å². The van der Waals surface area contributed by atoms with Gasteiger partial charge in [0, 0.05) is 17.5 Å². The van der Waals surface area contributed by atoms with E-state index >= 15 is 0 Å². The maximum atomic E-state index is 10.6. The van der Waals surface area contributed by atoms with Crippen LogP contribution in [0.4, 0.5) is 5.13 Å². The number of aromatic nitrogens is 1. The minimum absolute atomic E-state index is 0.0106. The van der Waals surface area contributed by atoms with Gasteiger partial charge in [-0.25, -0.2) is 9.99 Å². The van der Waals surface area contributed by atoms with Gasteiger partial charge in [-0.2, -0.15) is 0 Å². The summed E-state index contributed by atoms with van der Waals surface area (Å²) >= 11 is 1.46. The van der Waals surface area contributed by atoms with Crippen LogP contribution in [0.15, 0.2) is 5.38 Å². The number of carbonyl (C=O) groups is 1. The molecule has 2 N–H and O–H groups in total. The molecular weight excluding hydrogens is 250 g/mol. The Morgan fingerprint density at radius 1 is 1.56 bits per heavy atom. The Morgan fingerprint density at radius 3 is 2.83 bits per heavy atom. The van der Waals surface area contributed by atoms with Gasteiger partial charge in [0.05, 0.1) is 12.1 Å². The van der Waals surface area contributed by atoms with Gasteiger partial charge in [-0.15, -0.1) is 11.3 Å². The first-order valence-corrected chi connectivity index (χ1v) is 7.15. The summed E-state index contributed by atoms with van der Waals surface area (Å²) in [4.78, 5) is 14.9. The van der Waals surface area contributed by atoms with Crippen LogP contribution in [0.5, 0.6) is 0 Å². The van der Waals surface area contributed by atoms with Crippen LogP contribution in [-0.4, -0.2) is 33.2 Å². The highest BCUT2D eigenvalue weighted by Gasteiger charge is 2.25. The summed E-state index contributed by atoms with van der Waals surface area (Å²) in [6, 6.07) is 0.973. The molecule has 5 nitrogen and oxygen atoms in total. The van der Waals surface area contributed by atoms with Crippen LogP contribution in [0, 0.1) is 0 Å². The van der Waals surface area contributed by atoms with E-state index in [-0.39, 0.29) is 6.42 Å². The van der Waals surface area contributed by atoms with Gasteiger partial charge in [-0.1, -0.05) is 6.42 Å². The number of carboxylic acid groups (broad SMARTS) is 1. The number of hydrogen-bond acceptors (Lipinski definition) is 5. The number of thiazole rings is 1. The molecule has 1 saturated heterocycles. The van der Waals surface area contributed by atoms with Crippen molar-refractivity contribution in [1.82, 2.24) is 9.99 Å². The third kappa shape index (κ3) is 3.20. The summed E-state index contributed by atoms with van der Waals surface area (Å²) in [6.45, 7) is 4.41. The molecule has 1 fully saturated rings. The van der Waals surface area contributed by atoms with Gasteiger partial charge >= 0.3 is 5.97 Å². The Morgan fingerprint density at radius 2 is 2.22 bits per heavy atom. The van der Waals surface area contributed by atoms with E-state index in [9.17, 15) is 4.79 Å². The zero-order valence-corrected chi connectivity index (χ0v) is 11.5. The smallest absolute Gasteiger partial charge is 0.309 e. The van der Waals surface area contributed by atoms with Crippen LogP contribution in [0.3, 0.4) is 0 Å². The minimum Gasteiger partial charge on any atom is -0.481 e. The molecule has 0 bridgehead atoms. The number of piperidine rings is 1. The molecular formula is C12H19N3O2S. The second-order valence-corrected chi connectivity index (χ2v) is 5.72. The molecule has 0 aromatic carbocycles.